The summed E-state index contributed by atoms with van der Waals surface area (Å²) in [6.07, 6.45) is 3.59. The Hall–Kier alpha value is -2.03. The maximum absolute atomic E-state index is 5.38. The van der Waals surface area contributed by atoms with Crippen molar-refractivity contribution in [3.63, 3.8) is 0 Å². The van der Waals surface area contributed by atoms with Crippen molar-refractivity contribution in [2.75, 3.05) is 38.2 Å². The fourth-order valence-corrected chi connectivity index (χ4v) is 3.74. The van der Waals surface area contributed by atoms with Crippen LogP contribution in [0.4, 0.5) is 11.6 Å². The van der Waals surface area contributed by atoms with Gasteiger partial charge in [0.15, 0.2) is 5.82 Å². The number of aromatic nitrogens is 4. The number of anilines is 2. The van der Waals surface area contributed by atoms with Gasteiger partial charge in [-0.15, -0.1) is 11.3 Å². The van der Waals surface area contributed by atoms with Gasteiger partial charge in [0, 0.05) is 31.9 Å². The lowest BCUT2D eigenvalue weighted by molar-refractivity contribution is 0.0360. The Labute approximate surface area is 144 Å². The van der Waals surface area contributed by atoms with Crippen molar-refractivity contribution >= 4 is 33.2 Å². The Morgan fingerprint density at radius 3 is 3.00 bits per heavy atom. The monoisotopic (exact) mass is 344 g/mol. The molecular weight excluding hydrogens is 324 g/mol. The Kier molecular flexibility index (Phi) is 4.42. The molecule has 0 aromatic carbocycles. The van der Waals surface area contributed by atoms with Gasteiger partial charge in [-0.05, 0) is 17.9 Å². The number of hydrogen-bond donors (Lipinski definition) is 1. The van der Waals surface area contributed by atoms with Crippen molar-refractivity contribution in [1.29, 1.82) is 0 Å². The molecule has 3 aromatic rings. The second-order valence-electron chi connectivity index (χ2n) is 5.86. The molecule has 7 nitrogen and oxygen atoms in total. The number of fused-ring (bicyclic) bond motifs is 1. The van der Waals surface area contributed by atoms with Gasteiger partial charge < -0.3 is 10.1 Å². The van der Waals surface area contributed by atoms with Crippen molar-refractivity contribution in [3.8, 4) is 0 Å². The number of morpholine rings is 1. The largest absolute Gasteiger partial charge is 0.379 e. The van der Waals surface area contributed by atoms with Gasteiger partial charge in [0.2, 0.25) is 0 Å². The molecule has 1 aliphatic heterocycles. The lowest BCUT2D eigenvalue weighted by Crippen LogP contribution is -2.38. The summed E-state index contributed by atoms with van der Waals surface area (Å²) in [4.78, 5) is 12.1. The molecule has 1 saturated heterocycles. The predicted molar refractivity (Wildman–Crippen MR) is 94.9 cm³/mol. The maximum atomic E-state index is 5.38. The molecule has 1 N–H and O–H groups in total. The first-order valence-electron chi connectivity index (χ1n) is 8.09. The molecule has 0 atom stereocenters. The summed E-state index contributed by atoms with van der Waals surface area (Å²) in [6, 6.07) is 1.98. The molecule has 3 aromatic heterocycles. The minimum absolute atomic E-state index is 0.808. The third-order valence-corrected chi connectivity index (χ3v) is 5.19. The van der Waals surface area contributed by atoms with Gasteiger partial charge in [-0.1, -0.05) is 0 Å². The number of nitrogens with zero attached hydrogens (tertiary/aromatic N) is 5. The molecule has 126 valence electrons. The van der Waals surface area contributed by atoms with Crippen LogP contribution >= 0.6 is 11.3 Å². The first-order chi connectivity index (χ1) is 11.8. The number of rotatable bonds is 5. The van der Waals surface area contributed by atoms with Crippen molar-refractivity contribution in [3.05, 3.63) is 29.5 Å². The van der Waals surface area contributed by atoms with Gasteiger partial charge in [-0.25, -0.2) is 9.97 Å². The van der Waals surface area contributed by atoms with E-state index in [-0.39, 0.29) is 0 Å². The van der Waals surface area contributed by atoms with Crippen LogP contribution in [-0.2, 0) is 11.3 Å². The molecule has 0 radical (unpaired) electrons. The molecule has 8 heteroatoms. The third kappa shape index (κ3) is 3.26. The van der Waals surface area contributed by atoms with E-state index in [2.05, 4.69) is 37.6 Å². The fourth-order valence-electron chi connectivity index (χ4n) is 2.85. The highest BCUT2D eigenvalue weighted by molar-refractivity contribution is 7.17. The number of aryl methyl sites for hydroxylation is 1. The predicted octanol–water partition coefficient (Wildman–Crippen LogP) is 2.27. The van der Waals surface area contributed by atoms with E-state index in [1.54, 1.807) is 17.7 Å². The maximum Gasteiger partial charge on any atom is 0.153 e. The minimum atomic E-state index is 0.808. The van der Waals surface area contributed by atoms with Gasteiger partial charge in [-0.3, -0.25) is 9.58 Å². The van der Waals surface area contributed by atoms with Crippen LogP contribution in [0.1, 0.15) is 5.56 Å². The topological polar surface area (TPSA) is 68.1 Å². The number of hydrogen-bond acceptors (Lipinski definition) is 7. The first-order valence-corrected chi connectivity index (χ1v) is 8.97. The summed E-state index contributed by atoms with van der Waals surface area (Å²) in [7, 11) is 0. The highest BCUT2D eigenvalue weighted by Gasteiger charge is 2.12. The molecule has 0 aliphatic carbocycles. The van der Waals surface area contributed by atoms with Crippen molar-refractivity contribution in [1.82, 2.24) is 24.6 Å². The molecule has 0 spiro atoms. The molecule has 24 heavy (non-hydrogen) atoms. The zero-order valence-electron chi connectivity index (χ0n) is 13.6. The molecule has 4 rings (SSSR count). The van der Waals surface area contributed by atoms with E-state index < -0.39 is 0 Å². The van der Waals surface area contributed by atoms with E-state index in [1.165, 1.54) is 5.56 Å². The van der Waals surface area contributed by atoms with Crippen molar-refractivity contribution < 1.29 is 4.74 Å². The molecule has 0 unspecified atom stereocenters. The SMILES string of the molecule is Cc1csc2ncnc(Nc3ccn(CCN4CCOCC4)n3)c12. The second-order valence-corrected chi connectivity index (χ2v) is 6.72. The first kappa shape index (κ1) is 15.5. The molecule has 0 saturated carbocycles. The Morgan fingerprint density at radius 2 is 2.12 bits per heavy atom. The summed E-state index contributed by atoms with van der Waals surface area (Å²) >= 11 is 1.64. The van der Waals surface area contributed by atoms with E-state index in [0.717, 1.165) is 61.2 Å². The lowest BCUT2D eigenvalue weighted by atomic mass is 10.2. The third-order valence-electron chi connectivity index (χ3n) is 4.19. The highest BCUT2D eigenvalue weighted by atomic mass is 32.1. The van der Waals surface area contributed by atoms with Gasteiger partial charge >= 0.3 is 0 Å². The summed E-state index contributed by atoms with van der Waals surface area (Å²) < 4.78 is 7.34. The Balaban J connectivity index is 1.43. The smallest absolute Gasteiger partial charge is 0.153 e. The molecule has 1 aliphatic rings. The Bertz CT molecular complexity index is 823. The number of thiophene rings is 1. The van der Waals surface area contributed by atoms with E-state index >= 15 is 0 Å². The van der Waals surface area contributed by atoms with Crippen molar-refractivity contribution in [2.45, 2.75) is 13.5 Å². The highest BCUT2D eigenvalue weighted by Crippen LogP contribution is 2.29. The summed E-state index contributed by atoms with van der Waals surface area (Å²) in [5.74, 6) is 1.62. The average molecular weight is 344 g/mol. The minimum Gasteiger partial charge on any atom is -0.379 e. The van der Waals surface area contributed by atoms with Crippen LogP contribution in [0.5, 0.6) is 0 Å². The van der Waals surface area contributed by atoms with Crippen LogP contribution in [0, 0.1) is 6.92 Å². The van der Waals surface area contributed by atoms with Crippen LogP contribution in [0.2, 0.25) is 0 Å². The van der Waals surface area contributed by atoms with Gasteiger partial charge in [-0.2, -0.15) is 5.10 Å². The van der Waals surface area contributed by atoms with Gasteiger partial charge in [0.25, 0.3) is 0 Å². The van der Waals surface area contributed by atoms with Crippen LogP contribution in [0.3, 0.4) is 0 Å². The van der Waals surface area contributed by atoms with E-state index in [9.17, 15) is 0 Å². The molecule has 4 heterocycles. The zero-order chi connectivity index (χ0) is 16.4. The van der Waals surface area contributed by atoms with Crippen LogP contribution < -0.4 is 5.32 Å². The van der Waals surface area contributed by atoms with Crippen LogP contribution in [0.25, 0.3) is 10.2 Å². The quantitative estimate of drug-likeness (QED) is 0.766. The normalized spacial score (nSPS) is 15.9. The van der Waals surface area contributed by atoms with E-state index in [0.29, 0.717) is 0 Å². The average Bonchev–Trinajstić information content (AvgIpc) is 3.22. The summed E-state index contributed by atoms with van der Waals surface area (Å²) in [6.45, 7) is 7.61. The van der Waals surface area contributed by atoms with Gasteiger partial charge in [0.1, 0.15) is 17.0 Å². The molecule has 0 amide bonds. The molecular formula is C16H20N6OS. The fraction of sp³-hybridized carbons (Fsp3) is 0.438. The van der Waals surface area contributed by atoms with Crippen molar-refractivity contribution in [2.24, 2.45) is 0 Å². The Morgan fingerprint density at radius 1 is 1.25 bits per heavy atom. The zero-order valence-corrected chi connectivity index (χ0v) is 14.4. The lowest BCUT2D eigenvalue weighted by Gasteiger charge is -2.26. The van der Waals surface area contributed by atoms with E-state index in [4.69, 9.17) is 4.74 Å². The van der Waals surface area contributed by atoms with Gasteiger partial charge in [0.05, 0.1) is 25.1 Å². The second kappa shape index (κ2) is 6.84. The summed E-state index contributed by atoms with van der Waals surface area (Å²) in [5.41, 5.74) is 1.19. The standard InChI is InChI=1S/C16H20N6OS/c1-12-10-24-16-14(12)15(17-11-18-16)19-13-2-3-22(20-13)5-4-21-6-8-23-9-7-21/h2-3,10-11H,4-9H2,1H3,(H,17,18,19,20). The van der Waals surface area contributed by atoms with Crippen LogP contribution in [0.15, 0.2) is 24.0 Å². The number of ether oxygens (including phenoxy) is 1. The molecule has 0 bridgehead atoms. The molecule has 1 fully saturated rings. The van der Waals surface area contributed by atoms with Crippen LogP contribution in [-0.4, -0.2) is 57.5 Å². The summed E-state index contributed by atoms with van der Waals surface area (Å²) in [5, 5.41) is 11.1. The van der Waals surface area contributed by atoms with E-state index in [1.807, 2.05) is 16.9 Å². The number of nitrogens with one attached hydrogen (secondary N) is 1.